The van der Waals surface area contributed by atoms with Crippen LogP contribution in [-0.2, 0) is 4.79 Å². The molecule has 0 aromatic heterocycles. The fourth-order valence-electron chi connectivity index (χ4n) is 3.99. The molecule has 2 aromatic carbocycles. The van der Waals surface area contributed by atoms with Crippen molar-refractivity contribution in [3.05, 3.63) is 59.1 Å². The third-order valence-electron chi connectivity index (χ3n) is 5.75. The van der Waals surface area contributed by atoms with Gasteiger partial charge in [0, 0.05) is 37.1 Å². The van der Waals surface area contributed by atoms with Gasteiger partial charge < -0.3 is 15.1 Å². The molecule has 2 fully saturated rings. The Morgan fingerprint density at radius 1 is 1.07 bits per heavy atom. The summed E-state index contributed by atoms with van der Waals surface area (Å²) in [5, 5.41) is 3.93. The predicted octanol–water partition coefficient (Wildman–Crippen LogP) is 4.22. The average Bonchev–Trinajstić information content (AvgIpc) is 3.50. The summed E-state index contributed by atoms with van der Waals surface area (Å²) in [6, 6.07) is 16.0. The Balaban J connectivity index is 1.43. The van der Waals surface area contributed by atoms with Gasteiger partial charge in [-0.3, -0.25) is 4.79 Å². The smallest absolute Gasteiger partial charge is 0.228 e. The molecule has 0 bridgehead atoms. The molecule has 4 rings (SSSR count). The van der Waals surface area contributed by atoms with Crippen LogP contribution in [-0.4, -0.2) is 43.5 Å². The Kier molecular flexibility index (Phi) is 5.37. The van der Waals surface area contributed by atoms with E-state index in [-0.39, 0.29) is 17.7 Å². The summed E-state index contributed by atoms with van der Waals surface area (Å²) in [5.74, 6) is 0.341. The standard InChI is InChI=1S/C22H26ClN3O/c1-2-25-11-13-26(14-12-25)21-10-6-5-9-20(21)24-22(27)18-15-17(18)16-7-3-4-8-19(16)23/h3-10,17-18H,2,11-15H2,1H3,(H,24,27). The van der Waals surface area contributed by atoms with Crippen LogP contribution in [0.2, 0.25) is 5.02 Å². The fraction of sp³-hybridized carbons (Fsp3) is 0.409. The largest absolute Gasteiger partial charge is 0.367 e. The van der Waals surface area contributed by atoms with Gasteiger partial charge in [0.05, 0.1) is 11.4 Å². The summed E-state index contributed by atoms with van der Waals surface area (Å²) in [7, 11) is 0. The lowest BCUT2D eigenvalue weighted by Crippen LogP contribution is -2.46. The van der Waals surface area contributed by atoms with Crippen LogP contribution in [0, 0.1) is 5.92 Å². The maximum atomic E-state index is 12.8. The third-order valence-corrected chi connectivity index (χ3v) is 6.10. The van der Waals surface area contributed by atoms with Crippen LogP contribution in [0.3, 0.4) is 0 Å². The molecule has 1 N–H and O–H groups in total. The third kappa shape index (κ3) is 3.97. The minimum atomic E-state index is 0.00916. The van der Waals surface area contributed by atoms with Crippen molar-refractivity contribution in [2.45, 2.75) is 19.3 Å². The molecule has 2 aromatic rings. The van der Waals surface area contributed by atoms with Gasteiger partial charge in [-0.1, -0.05) is 48.9 Å². The molecule has 1 aliphatic heterocycles. The normalized spacial score (nSPS) is 22.5. The van der Waals surface area contributed by atoms with E-state index in [9.17, 15) is 4.79 Å². The first kappa shape index (κ1) is 18.3. The molecule has 142 valence electrons. The number of para-hydroxylation sites is 2. The molecule has 4 nitrogen and oxygen atoms in total. The number of benzene rings is 2. The molecule has 1 heterocycles. The van der Waals surface area contributed by atoms with Crippen LogP contribution in [0.25, 0.3) is 0 Å². The summed E-state index contributed by atoms with van der Waals surface area (Å²) in [6.45, 7) is 7.41. The molecule has 1 saturated carbocycles. The van der Waals surface area contributed by atoms with Gasteiger partial charge in [-0.05, 0) is 42.6 Å². The highest BCUT2D eigenvalue weighted by molar-refractivity contribution is 6.31. The number of carbonyl (C=O) groups is 1. The molecule has 1 amide bonds. The van der Waals surface area contributed by atoms with E-state index in [1.54, 1.807) is 0 Å². The predicted molar refractivity (Wildman–Crippen MR) is 112 cm³/mol. The van der Waals surface area contributed by atoms with Crippen LogP contribution in [0.4, 0.5) is 11.4 Å². The number of halogens is 1. The van der Waals surface area contributed by atoms with Gasteiger partial charge in [-0.25, -0.2) is 0 Å². The summed E-state index contributed by atoms with van der Waals surface area (Å²) < 4.78 is 0. The highest BCUT2D eigenvalue weighted by atomic mass is 35.5. The van der Waals surface area contributed by atoms with Crippen LogP contribution in [0.1, 0.15) is 24.8 Å². The number of nitrogens with one attached hydrogen (secondary N) is 1. The average molecular weight is 384 g/mol. The van der Waals surface area contributed by atoms with Crippen molar-refractivity contribution in [2.24, 2.45) is 5.92 Å². The highest BCUT2D eigenvalue weighted by Crippen LogP contribution is 2.50. The van der Waals surface area contributed by atoms with Crippen molar-refractivity contribution in [2.75, 3.05) is 42.9 Å². The number of carbonyl (C=O) groups excluding carboxylic acids is 1. The number of rotatable bonds is 5. The van der Waals surface area contributed by atoms with E-state index < -0.39 is 0 Å². The van der Waals surface area contributed by atoms with E-state index in [1.165, 1.54) is 0 Å². The second kappa shape index (κ2) is 7.91. The van der Waals surface area contributed by atoms with Gasteiger partial charge in [0.2, 0.25) is 5.91 Å². The zero-order valence-electron chi connectivity index (χ0n) is 15.7. The van der Waals surface area contributed by atoms with Gasteiger partial charge in [0.15, 0.2) is 0 Å². The summed E-state index contributed by atoms with van der Waals surface area (Å²) in [4.78, 5) is 17.7. The zero-order chi connectivity index (χ0) is 18.8. The summed E-state index contributed by atoms with van der Waals surface area (Å²) in [6.07, 6.45) is 0.868. The maximum Gasteiger partial charge on any atom is 0.228 e. The maximum absolute atomic E-state index is 12.8. The Morgan fingerprint density at radius 3 is 2.52 bits per heavy atom. The Labute approximate surface area is 166 Å². The van der Waals surface area contributed by atoms with E-state index in [2.05, 4.69) is 28.1 Å². The van der Waals surface area contributed by atoms with Gasteiger partial charge in [0.1, 0.15) is 0 Å². The first-order chi connectivity index (χ1) is 13.2. The molecule has 1 saturated heterocycles. The molecule has 0 spiro atoms. The number of hydrogen-bond acceptors (Lipinski definition) is 3. The van der Waals surface area contributed by atoms with E-state index in [4.69, 9.17) is 11.6 Å². The minimum absolute atomic E-state index is 0.00916. The van der Waals surface area contributed by atoms with Crippen molar-refractivity contribution in [1.29, 1.82) is 0 Å². The van der Waals surface area contributed by atoms with E-state index >= 15 is 0 Å². The lowest BCUT2D eigenvalue weighted by molar-refractivity contribution is -0.117. The first-order valence-electron chi connectivity index (χ1n) is 9.79. The van der Waals surface area contributed by atoms with Crippen molar-refractivity contribution < 1.29 is 4.79 Å². The SMILES string of the molecule is CCN1CCN(c2ccccc2NC(=O)C2CC2c2ccccc2Cl)CC1. The Bertz CT molecular complexity index is 817. The van der Waals surface area contributed by atoms with Gasteiger partial charge in [-0.2, -0.15) is 0 Å². The van der Waals surface area contributed by atoms with Crippen LogP contribution in [0.15, 0.2) is 48.5 Å². The van der Waals surface area contributed by atoms with Crippen molar-refractivity contribution in [3.8, 4) is 0 Å². The van der Waals surface area contributed by atoms with Crippen LogP contribution >= 0.6 is 11.6 Å². The van der Waals surface area contributed by atoms with Crippen molar-refractivity contribution in [1.82, 2.24) is 4.90 Å². The zero-order valence-corrected chi connectivity index (χ0v) is 16.5. The molecule has 2 atom stereocenters. The number of hydrogen-bond donors (Lipinski definition) is 1. The molecule has 1 aliphatic carbocycles. The molecule has 5 heteroatoms. The number of amides is 1. The van der Waals surface area contributed by atoms with Crippen molar-refractivity contribution >= 4 is 28.9 Å². The lowest BCUT2D eigenvalue weighted by Gasteiger charge is -2.36. The van der Waals surface area contributed by atoms with E-state index in [0.29, 0.717) is 0 Å². The molecule has 27 heavy (non-hydrogen) atoms. The van der Waals surface area contributed by atoms with Gasteiger partial charge >= 0.3 is 0 Å². The van der Waals surface area contributed by atoms with Gasteiger partial charge in [0.25, 0.3) is 0 Å². The van der Waals surface area contributed by atoms with Crippen LogP contribution in [0.5, 0.6) is 0 Å². The number of nitrogens with zero attached hydrogens (tertiary/aromatic N) is 2. The molecule has 0 radical (unpaired) electrons. The Hall–Kier alpha value is -2.04. The Morgan fingerprint density at radius 2 is 1.78 bits per heavy atom. The van der Waals surface area contributed by atoms with Gasteiger partial charge in [-0.15, -0.1) is 0 Å². The lowest BCUT2D eigenvalue weighted by atomic mass is 10.1. The van der Waals surface area contributed by atoms with E-state index in [1.807, 2.05) is 42.5 Å². The fourth-order valence-corrected chi connectivity index (χ4v) is 4.27. The summed E-state index contributed by atoms with van der Waals surface area (Å²) in [5.41, 5.74) is 3.12. The molecular weight excluding hydrogens is 358 g/mol. The second-order valence-electron chi connectivity index (χ2n) is 7.40. The number of piperazine rings is 1. The highest BCUT2D eigenvalue weighted by Gasteiger charge is 2.45. The quantitative estimate of drug-likeness (QED) is 0.839. The first-order valence-corrected chi connectivity index (χ1v) is 10.2. The molecular formula is C22H26ClN3O. The van der Waals surface area contributed by atoms with E-state index in [0.717, 1.165) is 61.1 Å². The number of anilines is 2. The molecule has 2 unspecified atom stereocenters. The van der Waals surface area contributed by atoms with Crippen LogP contribution < -0.4 is 10.2 Å². The topological polar surface area (TPSA) is 35.6 Å². The summed E-state index contributed by atoms with van der Waals surface area (Å²) >= 11 is 6.30. The monoisotopic (exact) mass is 383 g/mol. The second-order valence-corrected chi connectivity index (χ2v) is 7.81. The minimum Gasteiger partial charge on any atom is -0.367 e. The number of likely N-dealkylation sites (N-methyl/N-ethyl adjacent to an activating group) is 1. The molecule has 2 aliphatic rings. The van der Waals surface area contributed by atoms with Crippen molar-refractivity contribution in [3.63, 3.8) is 0 Å².